The number of amides is 1. The molecule has 1 N–H and O–H groups in total. The minimum atomic E-state index is -0.226. The number of aryl methyl sites for hydroxylation is 1. The Bertz CT molecular complexity index is 785. The van der Waals surface area contributed by atoms with Crippen molar-refractivity contribution in [1.29, 1.82) is 0 Å². The minimum absolute atomic E-state index is 0.226. The summed E-state index contributed by atoms with van der Waals surface area (Å²) in [6, 6.07) is 11.1. The zero-order chi connectivity index (χ0) is 16.8. The van der Waals surface area contributed by atoms with Crippen LogP contribution >= 0.6 is 11.6 Å². The fourth-order valence-corrected chi connectivity index (χ4v) is 2.34. The van der Waals surface area contributed by atoms with Crippen molar-refractivity contribution >= 4 is 17.5 Å². The van der Waals surface area contributed by atoms with E-state index in [0.29, 0.717) is 18.1 Å². The molecule has 3 rings (SSSR count). The van der Waals surface area contributed by atoms with E-state index in [-0.39, 0.29) is 5.91 Å². The molecule has 0 atom stereocenters. The molecule has 3 aromatic rings. The molecule has 0 radical (unpaired) electrons. The molecule has 0 spiro atoms. The summed E-state index contributed by atoms with van der Waals surface area (Å²) < 4.78 is 1.72. The molecule has 2 aromatic heterocycles. The third kappa shape index (κ3) is 4.17. The molecule has 0 saturated carbocycles. The van der Waals surface area contributed by atoms with Crippen LogP contribution in [-0.4, -0.2) is 32.2 Å². The van der Waals surface area contributed by atoms with Gasteiger partial charge < -0.3 is 5.32 Å². The number of benzene rings is 1. The van der Waals surface area contributed by atoms with Gasteiger partial charge in [0.15, 0.2) is 11.5 Å². The quantitative estimate of drug-likeness (QED) is 0.700. The highest BCUT2D eigenvalue weighted by Crippen LogP contribution is 2.10. The normalized spacial score (nSPS) is 10.5. The van der Waals surface area contributed by atoms with E-state index in [9.17, 15) is 4.79 Å². The van der Waals surface area contributed by atoms with Crippen LogP contribution in [0.5, 0.6) is 0 Å². The van der Waals surface area contributed by atoms with Gasteiger partial charge in [-0.1, -0.05) is 23.7 Å². The van der Waals surface area contributed by atoms with Gasteiger partial charge in [-0.25, -0.2) is 4.98 Å². The average Bonchev–Trinajstić information content (AvgIpc) is 3.15. The monoisotopic (exact) mass is 341 g/mol. The first-order valence-corrected chi connectivity index (χ1v) is 7.95. The number of aromatic nitrogens is 4. The van der Waals surface area contributed by atoms with Gasteiger partial charge in [-0.05, 0) is 42.7 Å². The van der Waals surface area contributed by atoms with E-state index in [1.165, 1.54) is 5.56 Å². The number of rotatable bonds is 6. The summed E-state index contributed by atoms with van der Waals surface area (Å²) in [6.45, 7) is 0.576. The summed E-state index contributed by atoms with van der Waals surface area (Å²) in [7, 11) is 0. The van der Waals surface area contributed by atoms with Crippen molar-refractivity contribution in [2.45, 2.75) is 12.8 Å². The van der Waals surface area contributed by atoms with Crippen molar-refractivity contribution in [2.24, 2.45) is 0 Å². The van der Waals surface area contributed by atoms with E-state index < -0.39 is 0 Å². The van der Waals surface area contributed by atoms with Gasteiger partial charge in [0.25, 0.3) is 5.91 Å². The van der Waals surface area contributed by atoms with Crippen LogP contribution in [0.4, 0.5) is 0 Å². The number of halogens is 1. The molecule has 0 saturated heterocycles. The van der Waals surface area contributed by atoms with Crippen LogP contribution in [0.1, 0.15) is 22.5 Å². The molecule has 6 nitrogen and oxygen atoms in total. The maximum absolute atomic E-state index is 12.0. The van der Waals surface area contributed by atoms with E-state index >= 15 is 0 Å². The van der Waals surface area contributed by atoms with Crippen molar-refractivity contribution in [3.8, 4) is 5.82 Å². The number of nitrogens with one attached hydrogen (secondary N) is 1. The Morgan fingerprint density at radius 1 is 1.12 bits per heavy atom. The Kier molecular flexibility index (Phi) is 5.18. The summed E-state index contributed by atoms with van der Waals surface area (Å²) in [4.78, 5) is 16.0. The molecule has 2 heterocycles. The number of nitrogens with zero attached hydrogens (tertiary/aromatic N) is 4. The molecule has 0 aliphatic rings. The largest absolute Gasteiger partial charge is 0.351 e. The number of carbonyl (C=O) groups excluding carboxylic acids is 1. The zero-order valence-electron chi connectivity index (χ0n) is 12.9. The topological polar surface area (TPSA) is 72.7 Å². The van der Waals surface area contributed by atoms with Gasteiger partial charge in [-0.3, -0.25) is 9.36 Å². The van der Waals surface area contributed by atoms with Crippen LogP contribution in [0.2, 0.25) is 5.02 Å². The van der Waals surface area contributed by atoms with Gasteiger partial charge in [-0.2, -0.15) is 0 Å². The molecular formula is C17H16ClN5O. The lowest BCUT2D eigenvalue weighted by atomic mass is 10.1. The van der Waals surface area contributed by atoms with E-state index in [1.54, 1.807) is 35.4 Å². The van der Waals surface area contributed by atoms with Gasteiger partial charge >= 0.3 is 0 Å². The van der Waals surface area contributed by atoms with Crippen LogP contribution in [0.15, 0.2) is 55.1 Å². The lowest BCUT2D eigenvalue weighted by Crippen LogP contribution is -2.26. The third-order valence-corrected chi connectivity index (χ3v) is 3.75. The van der Waals surface area contributed by atoms with Crippen LogP contribution in [0, 0.1) is 0 Å². The standard InChI is InChI=1S/C17H16ClN5O/c18-14-5-3-13(4-6-14)2-1-9-20-17(24)15-7-8-16(22-21-15)23-11-10-19-12-23/h3-8,10-12H,1-2,9H2,(H,20,24). The van der Waals surface area contributed by atoms with Gasteiger partial charge in [-0.15, -0.1) is 10.2 Å². The lowest BCUT2D eigenvalue weighted by molar-refractivity contribution is 0.0947. The molecule has 1 aromatic carbocycles. The predicted octanol–water partition coefficient (Wildman–Crippen LogP) is 2.68. The van der Waals surface area contributed by atoms with Crippen LogP contribution in [0.3, 0.4) is 0 Å². The van der Waals surface area contributed by atoms with Crippen molar-refractivity contribution in [2.75, 3.05) is 6.54 Å². The first kappa shape index (κ1) is 16.1. The fraction of sp³-hybridized carbons (Fsp3) is 0.176. The Morgan fingerprint density at radius 2 is 1.96 bits per heavy atom. The van der Waals surface area contributed by atoms with Crippen LogP contribution < -0.4 is 5.32 Å². The second-order valence-electron chi connectivity index (χ2n) is 5.23. The van der Waals surface area contributed by atoms with Crippen LogP contribution in [0.25, 0.3) is 5.82 Å². The zero-order valence-corrected chi connectivity index (χ0v) is 13.6. The maximum atomic E-state index is 12.0. The average molecular weight is 342 g/mol. The molecule has 0 aliphatic carbocycles. The summed E-state index contributed by atoms with van der Waals surface area (Å²) in [5.74, 6) is 0.391. The second-order valence-corrected chi connectivity index (χ2v) is 5.67. The summed E-state index contributed by atoms with van der Waals surface area (Å²) >= 11 is 5.85. The van der Waals surface area contributed by atoms with Crippen molar-refractivity contribution in [1.82, 2.24) is 25.1 Å². The van der Waals surface area contributed by atoms with E-state index in [0.717, 1.165) is 17.9 Å². The second kappa shape index (κ2) is 7.70. The van der Waals surface area contributed by atoms with Gasteiger partial charge in [0.1, 0.15) is 6.33 Å². The van der Waals surface area contributed by atoms with E-state index in [1.807, 2.05) is 24.3 Å². The van der Waals surface area contributed by atoms with Gasteiger partial charge in [0, 0.05) is 24.0 Å². The minimum Gasteiger partial charge on any atom is -0.351 e. The van der Waals surface area contributed by atoms with Crippen molar-refractivity contribution < 1.29 is 4.79 Å². The summed E-state index contributed by atoms with van der Waals surface area (Å²) in [5, 5.41) is 11.6. The molecule has 1 amide bonds. The van der Waals surface area contributed by atoms with E-state index in [2.05, 4.69) is 20.5 Å². The molecule has 0 aliphatic heterocycles. The Morgan fingerprint density at radius 3 is 2.62 bits per heavy atom. The van der Waals surface area contributed by atoms with Gasteiger partial charge in [0.05, 0.1) is 0 Å². The highest BCUT2D eigenvalue weighted by Gasteiger charge is 2.08. The van der Waals surface area contributed by atoms with Crippen LogP contribution in [-0.2, 0) is 6.42 Å². The van der Waals surface area contributed by atoms with Gasteiger partial charge in [0.2, 0.25) is 0 Å². The van der Waals surface area contributed by atoms with E-state index in [4.69, 9.17) is 11.6 Å². The Hall–Kier alpha value is -2.73. The smallest absolute Gasteiger partial charge is 0.271 e. The highest BCUT2D eigenvalue weighted by atomic mass is 35.5. The van der Waals surface area contributed by atoms with Crippen molar-refractivity contribution in [3.63, 3.8) is 0 Å². The number of carbonyl (C=O) groups is 1. The molecule has 122 valence electrons. The molecule has 0 fully saturated rings. The Balaban J connectivity index is 1.47. The molecule has 24 heavy (non-hydrogen) atoms. The Labute approximate surface area is 144 Å². The molecular weight excluding hydrogens is 326 g/mol. The number of hydrogen-bond acceptors (Lipinski definition) is 4. The first-order chi connectivity index (χ1) is 11.7. The molecule has 0 bridgehead atoms. The third-order valence-electron chi connectivity index (χ3n) is 3.49. The number of imidazole rings is 1. The lowest BCUT2D eigenvalue weighted by Gasteiger charge is -2.05. The fourth-order valence-electron chi connectivity index (χ4n) is 2.21. The SMILES string of the molecule is O=C(NCCCc1ccc(Cl)cc1)c1ccc(-n2ccnc2)nn1. The number of hydrogen-bond donors (Lipinski definition) is 1. The first-order valence-electron chi connectivity index (χ1n) is 7.57. The maximum Gasteiger partial charge on any atom is 0.271 e. The molecule has 0 unspecified atom stereocenters. The summed E-state index contributed by atoms with van der Waals surface area (Å²) in [5.41, 5.74) is 1.49. The summed E-state index contributed by atoms with van der Waals surface area (Å²) in [6.07, 6.45) is 6.76. The highest BCUT2D eigenvalue weighted by molar-refractivity contribution is 6.30. The van der Waals surface area contributed by atoms with Crippen molar-refractivity contribution in [3.05, 3.63) is 71.4 Å². The molecule has 7 heteroatoms. The predicted molar refractivity (Wildman–Crippen MR) is 91.3 cm³/mol.